The summed E-state index contributed by atoms with van der Waals surface area (Å²) in [5.74, 6) is 0. The Morgan fingerprint density at radius 2 is 1.71 bits per heavy atom. The van der Waals surface area contributed by atoms with Gasteiger partial charge >= 0.3 is 0 Å². The third-order valence-corrected chi connectivity index (χ3v) is 4.21. The fourth-order valence-electron chi connectivity index (χ4n) is 2.96. The monoisotopic (exact) mass is 281 g/mol. The van der Waals surface area contributed by atoms with Gasteiger partial charge in [0.25, 0.3) is 0 Å². The zero-order valence-electron chi connectivity index (χ0n) is 13.7. The molecule has 1 atom stereocenters. The number of aryl methyl sites for hydroxylation is 1. The van der Waals surface area contributed by atoms with Crippen LogP contribution >= 0.6 is 0 Å². The summed E-state index contributed by atoms with van der Waals surface area (Å²) in [5, 5.41) is 3.75. The molecule has 1 heteroatoms. The average molecular weight is 281 g/mol. The van der Waals surface area contributed by atoms with E-state index in [2.05, 4.69) is 87.6 Å². The first kappa shape index (κ1) is 15.8. The van der Waals surface area contributed by atoms with Crippen LogP contribution in [0, 0.1) is 6.92 Å². The molecule has 0 aliphatic rings. The molecule has 0 spiro atoms. The Hall–Kier alpha value is -1.60. The van der Waals surface area contributed by atoms with E-state index in [1.807, 2.05) is 0 Å². The normalized spacial score (nSPS) is 13.1. The Kier molecular flexibility index (Phi) is 5.19. The van der Waals surface area contributed by atoms with E-state index in [1.165, 1.54) is 16.7 Å². The Bertz CT molecular complexity index is 557. The number of nitrogens with one attached hydrogen (secondary N) is 1. The van der Waals surface area contributed by atoms with E-state index in [0.717, 1.165) is 13.0 Å². The van der Waals surface area contributed by atoms with Crippen LogP contribution in [0.2, 0.25) is 0 Å². The van der Waals surface area contributed by atoms with Crippen molar-refractivity contribution in [3.8, 4) is 0 Å². The molecule has 0 bridgehead atoms. The van der Waals surface area contributed by atoms with Crippen molar-refractivity contribution in [2.24, 2.45) is 0 Å². The first-order valence-corrected chi connectivity index (χ1v) is 7.91. The topological polar surface area (TPSA) is 12.0 Å². The zero-order valence-corrected chi connectivity index (χ0v) is 13.7. The average Bonchev–Trinajstić information content (AvgIpc) is 2.48. The first-order chi connectivity index (χ1) is 10.1. The molecule has 0 heterocycles. The van der Waals surface area contributed by atoms with Gasteiger partial charge in [-0.25, -0.2) is 0 Å². The van der Waals surface area contributed by atoms with E-state index in [0.29, 0.717) is 6.04 Å². The largest absolute Gasteiger partial charge is 0.309 e. The van der Waals surface area contributed by atoms with Gasteiger partial charge in [0.05, 0.1) is 0 Å². The zero-order chi connectivity index (χ0) is 15.3. The lowest BCUT2D eigenvalue weighted by molar-refractivity contribution is 0.348. The van der Waals surface area contributed by atoms with Gasteiger partial charge in [0.1, 0.15) is 0 Å². The molecule has 0 aliphatic heterocycles. The van der Waals surface area contributed by atoms with Crippen molar-refractivity contribution in [3.63, 3.8) is 0 Å². The van der Waals surface area contributed by atoms with Crippen LogP contribution in [-0.4, -0.2) is 6.54 Å². The summed E-state index contributed by atoms with van der Waals surface area (Å²) < 4.78 is 0. The quantitative estimate of drug-likeness (QED) is 0.784. The number of rotatable bonds is 6. The highest BCUT2D eigenvalue weighted by molar-refractivity contribution is 5.33. The highest BCUT2D eigenvalue weighted by atomic mass is 14.9. The molecule has 0 radical (unpaired) electrons. The summed E-state index contributed by atoms with van der Waals surface area (Å²) in [6.45, 7) is 10.1. The summed E-state index contributed by atoms with van der Waals surface area (Å²) in [7, 11) is 0. The van der Waals surface area contributed by atoms with E-state index in [4.69, 9.17) is 0 Å². The maximum atomic E-state index is 3.75. The van der Waals surface area contributed by atoms with Gasteiger partial charge in [0.15, 0.2) is 0 Å². The molecule has 2 aromatic rings. The predicted molar refractivity (Wildman–Crippen MR) is 91.7 cm³/mol. The van der Waals surface area contributed by atoms with Gasteiger partial charge in [0, 0.05) is 11.5 Å². The van der Waals surface area contributed by atoms with Crippen LogP contribution in [0.1, 0.15) is 49.9 Å². The number of hydrogen-bond acceptors (Lipinski definition) is 1. The molecule has 0 aromatic heterocycles. The predicted octanol–water partition coefficient (Wildman–Crippen LogP) is 5.01. The smallest absolute Gasteiger partial charge is 0.0412 e. The molecule has 0 aliphatic carbocycles. The standard InChI is InChI=1S/C20H27N/c1-5-14-21-19(17-11-9-10-16(2)15-17)20(3,4)18-12-7-6-8-13-18/h6-13,15,19,21H,5,14H2,1-4H3. The second-order valence-electron chi connectivity index (χ2n) is 6.39. The molecular weight excluding hydrogens is 254 g/mol. The Morgan fingerprint density at radius 1 is 1.00 bits per heavy atom. The fourth-order valence-corrected chi connectivity index (χ4v) is 2.96. The molecule has 2 aromatic carbocycles. The molecule has 0 fully saturated rings. The van der Waals surface area contributed by atoms with Gasteiger partial charge in [-0.2, -0.15) is 0 Å². The summed E-state index contributed by atoms with van der Waals surface area (Å²) in [6.07, 6.45) is 1.15. The summed E-state index contributed by atoms with van der Waals surface area (Å²) in [6, 6.07) is 20.0. The highest BCUT2D eigenvalue weighted by Crippen LogP contribution is 2.37. The third kappa shape index (κ3) is 3.74. The molecule has 1 nitrogen and oxygen atoms in total. The Balaban J connectivity index is 2.39. The van der Waals surface area contributed by atoms with Crippen molar-refractivity contribution in [3.05, 3.63) is 71.3 Å². The van der Waals surface area contributed by atoms with E-state index in [-0.39, 0.29) is 5.41 Å². The van der Waals surface area contributed by atoms with E-state index >= 15 is 0 Å². The molecule has 0 amide bonds. The molecule has 1 unspecified atom stereocenters. The van der Waals surface area contributed by atoms with Crippen LogP contribution in [-0.2, 0) is 5.41 Å². The van der Waals surface area contributed by atoms with Crippen molar-refractivity contribution < 1.29 is 0 Å². The molecular formula is C20H27N. The minimum atomic E-state index is 0.0459. The van der Waals surface area contributed by atoms with Crippen molar-refractivity contribution >= 4 is 0 Å². The van der Waals surface area contributed by atoms with Gasteiger partial charge in [-0.1, -0.05) is 80.9 Å². The number of benzene rings is 2. The first-order valence-electron chi connectivity index (χ1n) is 7.91. The lowest BCUT2D eigenvalue weighted by Crippen LogP contribution is -2.37. The van der Waals surface area contributed by atoms with E-state index < -0.39 is 0 Å². The maximum Gasteiger partial charge on any atom is 0.0412 e. The van der Waals surface area contributed by atoms with Gasteiger partial charge in [-0.3, -0.25) is 0 Å². The maximum absolute atomic E-state index is 3.75. The lowest BCUT2D eigenvalue weighted by atomic mass is 9.74. The van der Waals surface area contributed by atoms with Gasteiger partial charge < -0.3 is 5.32 Å². The fraction of sp³-hybridized carbons (Fsp3) is 0.400. The molecule has 112 valence electrons. The van der Waals surface area contributed by atoms with Crippen LogP contribution in [0.3, 0.4) is 0 Å². The van der Waals surface area contributed by atoms with E-state index in [9.17, 15) is 0 Å². The Labute approximate surface area is 129 Å². The SMILES string of the molecule is CCCNC(c1cccc(C)c1)C(C)(C)c1ccccc1. The Morgan fingerprint density at radius 3 is 2.33 bits per heavy atom. The summed E-state index contributed by atoms with van der Waals surface area (Å²) >= 11 is 0. The molecule has 21 heavy (non-hydrogen) atoms. The van der Waals surface area contributed by atoms with E-state index in [1.54, 1.807) is 0 Å². The summed E-state index contributed by atoms with van der Waals surface area (Å²) in [4.78, 5) is 0. The number of hydrogen-bond donors (Lipinski definition) is 1. The van der Waals surface area contributed by atoms with Crippen LogP contribution in [0.5, 0.6) is 0 Å². The lowest BCUT2D eigenvalue weighted by Gasteiger charge is -2.36. The minimum absolute atomic E-state index is 0.0459. The van der Waals surface area contributed by atoms with Crippen LogP contribution < -0.4 is 5.32 Å². The van der Waals surface area contributed by atoms with Crippen LogP contribution in [0.4, 0.5) is 0 Å². The van der Waals surface area contributed by atoms with Crippen molar-refractivity contribution in [2.45, 2.75) is 45.6 Å². The second-order valence-corrected chi connectivity index (χ2v) is 6.39. The van der Waals surface area contributed by atoms with Gasteiger partial charge in [0.2, 0.25) is 0 Å². The van der Waals surface area contributed by atoms with Crippen molar-refractivity contribution in [1.82, 2.24) is 5.32 Å². The molecule has 0 saturated carbocycles. The van der Waals surface area contributed by atoms with Crippen LogP contribution in [0.15, 0.2) is 54.6 Å². The molecule has 2 rings (SSSR count). The van der Waals surface area contributed by atoms with Gasteiger partial charge in [-0.15, -0.1) is 0 Å². The molecule has 1 N–H and O–H groups in total. The second kappa shape index (κ2) is 6.91. The third-order valence-electron chi connectivity index (χ3n) is 4.21. The summed E-state index contributed by atoms with van der Waals surface area (Å²) in [5.41, 5.74) is 4.11. The van der Waals surface area contributed by atoms with Crippen molar-refractivity contribution in [2.75, 3.05) is 6.54 Å². The van der Waals surface area contributed by atoms with Gasteiger partial charge in [-0.05, 0) is 31.0 Å². The minimum Gasteiger partial charge on any atom is -0.309 e. The highest BCUT2D eigenvalue weighted by Gasteiger charge is 2.31. The van der Waals surface area contributed by atoms with Crippen LogP contribution in [0.25, 0.3) is 0 Å². The molecule has 0 saturated heterocycles. The van der Waals surface area contributed by atoms with Crippen molar-refractivity contribution in [1.29, 1.82) is 0 Å².